The Kier molecular flexibility index (Phi) is 10.1. The van der Waals surface area contributed by atoms with Crippen LogP contribution in [-0.2, 0) is 42.4 Å². The van der Waals surface area contributed by atoms with E-state index >= 15 is 0 Å². The molecule has 0 saturated heterocycles. The fraction of sp³-hybridized carbons (Fsp3) is 0.450. The van der Waals surface area contributed by atoms with Crippen molar-refractivity contribution in [2.24, 2.45) is 17.3 Å². The molecule has 3 atom stereocenters. The van der Waals surface area contributed by atoms with Crippen LogP contribution in [0.5, 0.6) is 0 Å². The van der Waals surface area contributed by atoms with E-state index in [0.29, 0.717) is 17.8 Å². The number of fused-ring (bicyclic) bond motifs is 4. The third-order valence-corrected chi connectivity index (χ3v) is 10.2. The molecule has 0 N–H and O–H groups in total. The van der Waals surface area contributed by atoms with Gasteiger partial charge in [0.1, 0.15) is 0 Å². The number of hydrogen-bond donors (Lipinski definition) is 0. The first-order chi connectivity index (χ1) is 18.6. The van der Waals surface area contributed by atoms with Gasteiger partial charge in [0.2, 0.25) is 0 Å². The Bertz CT molecular complexity index is 1480. The third kappa shape index (κ3) is 5.86. The summed E-state index contributed by atoms with van der Waals surface area (Å²) in [7, 11) is 0. The van der Waals surface area contributed by atoms with Crippen molar-refractivity contribution >= 4 is 0 Å². The van der Waals surface area contributed by atoms with Gasteiger partial charge in [-0.2, -0.15) is 0 Å². The zero-order valence-corrected chi connectivity index (χ0v) is 31.7. The van der Waals surface area contributed by atoms with Crippen LogP contribution in [0.15, 0.2) is 90.0 Å². The van der Waals surface area contributed by atoms with Gasteiger partial charge < -0.3 is 24.8 Å². The number of rotatable bonds is 2. The summed E-state index contributed by atoms with van der Waals surface area (Å²) >= 11 is 0. The molecule has 0 amide bonds. The number of allylic oxidation sites excluding steroid dienone is 4. The van der Waals surface area contributed by atoms with E-state index in [1.165, 1.54) is 50.9 Å². The average Bonchev–Trinajstić information content (AvgIpc) is 3.54. The Labute approximate surface area is 293 Å². The SMILES string of the molecule is CC1CC(c2ccccc2)(C2c3ccc(C(C)(C)C)cc3-c3cc(C(C)(C)C)ccc32)C2C=C(C(C)(C)C)C=C12.[Cl-].[Cl-].[Zr+2]. The van der Waals surface area contributed by atoms with E-state index in [4.69, 9.17) is 0 Å². The second kappa shape index (κ2) is 12.1. The van der Waals surface area contributed by atoms with Gasteiger partial charge >= 0.3 is 26.2 Å². The topological polar surface area (TPSA) is 0 Å². The van der Waals surface area contributed by atoms with Crippen molar-refractivity contribution in [3.8, 4) is 11.1 Å². The third-order valence-electron chi connectivity index (χ3n) is 10.2. The molecule has 6 rings (SSSR count). The Morgan fingerprint density at radius 2 is 1.14 bits per heavy atom. The zero-order valence-electron chi connectivity index (χ0n) is 27.7. The summed E-state index contributed by atoms with van der Waals surface area (Å²) < 4.78 is 0. The molecule has 3 unspecified atom stereocenters. The molecule has 1 fully saturated rings. The van der Waals surface area contributed by atoms with Gasteiger partial charge in [0.25, 0.3) is 0 Å². The first-order valence-corrected chi connectivity index (χ1v) is 15.4. The van der Waals surface area contributed by atoms with Gasteiger partial charge in [-0.3, -0.25) is 0 Å². The molecule has 0 nitrogen and oxygen atoms in total. The summed E-state index contributed by atoms with van der Waals surface area (Å²) in [4.78, 5) is 0. The summed E-state index contributed by atoms with van der Waals surface area (Å²) in [6.45, 7) is 23.6. The Morgan fingerprint density at radius 1 is 0.651 bits per heavy atom. The van der Waals surface area contributed by atoms with E-state index in [2.05, 4.69) is 148 Å². The van der Waals surface area contributed by atoms with Crippen molar-refractivity contribution in [1.82, 2.24) is 0 Å². The van der Waals surface area contributed by atoms with Crippen molar-refractivity contribution in [3.05, 3.63) is 118 Å². The molecule has 0 radical (unpaired) electrons. The Morgan fingerprint density at radius 3 is 1.58 bits per heavy atom. The van der Waals surface area contributed by atoms with E-state index in [1.54, 1.807) is 5.57 Å². The maximum absolute atomic E-state index is 2.66. The van der Waals surface area contributed by atoms with Crippen LogP contribution < -0.4 is 24.8 Å². The van der Waals surface area contributed by atoms with Crippen LogP contribution in [0.25, 0.3) is 11.1 Å². The molecule has 1 saturated carbocycles. The largest absolute Gasteiger partial charge is 2.00 e. The van der Waals surface area contributed by atoms with Crippen LogP contribution in [0.3, 0.4) is 0 Å². The number of halogens is 2. The van der Waals surface area contributed by atoms with E-state index < -0.39 is 0 Å². The molecule has 0 bridgehead atoms. The minimum Gasteiger partial charge on any atom is -1.00 e. The molecular weight excluding hydrogens is 643 g/mol. The van der Waals surface area contributed by atoms with Gasteiger partial charge in [0, 0.05) is 17.3 Å². The minimum absolute atomic E-state index is 0. The smallest absolute Gasteiger partial charge is 1.00 e. The van der Waals surface area contributed by atoms with Gasteiger partial charge in [-0.05, 0) is 73.1 Å². The molecule has 43 heavy (non-hydrogen) atoms. The van der Waals surface area contributed by atoms with E-state index in [0.717, 1.165) is 0 Å². The van der Waals surface area contributed by atoms with Crippen LogP contribution in [0.1, 0.15) is 109 Å². The average molecular weight is 691 g/mol. The van der Waals surface area contributed by atoms with Gasteiger partial charge in [-0.25, -0.2) is 0 Å². The van der Waals surface area contributed by atoms with Crippen LogP contribution >= 0.6 is 0 Å². The summed E-state index contributed by atoms with van der Waals surface area (Å²) in [6.07, 6.45) is 6.41. The predicted molar refractivity (Wildman–Crippen MR) is 172 cm³/mol. The van der Waals surface area contributed by atoms with Crippen molar-refractivity contribution in [2.45, 2.75) is 97.8 Å². The normalized spacial score (nSPS) is 22.7. The first-order valence-electron chi connectivity index (χ1n) is 15.4. The van der Waals surface area contributed by atoms with E-state index in [1.807, 2.05) is 0 Å². The fourth-order valence-electron chi connectivity index (χ4n) is 7.95. The van der Waals surface area contributed by atoms with Gasteiger partial charge in [0.05, 0.1) is 0 Å². The second-order valence-electron chi connectivity index (χ2n) is 16.0. The van der Waals surface area contributed by atoms with Gasteiger partial charge in [-0.1, -0.05) is 154 Å². The molecule has 0 aromatic heterocycles. The number of benzene rings is 3. The Hall–Kier alpha value is -1.40. The number of hydrogen-bond acceptors (Lipinski definition) is 0. The molecule has 3 aliphatic rings. The van der Waals surface area contributed by atoms with Crippen LogP contribution in [0.4, 0.5) is 0 Å². The molecular formula is C40H48Cl2Zr. The molecule has 3 aromatic rings. The van der Waals surface area contributed by atoms with Crippen molar-refractivity contribution in [3.63, 3.8) is 0 Å². The van der Waals surface area contributed by atoms with E-state index in [-0.39, 0.29) is 72.7 Å². The van der Waals surface area contributed by atoms with Crippen LogP contribution in [-0.4, -0.2) is 0 Å². The quantitative estimate of drug-likeness (QED) is 0.359. The zero-order chi connectivity index (χ0) is 28.8. The van der Waals surface area contributed by atoms with Crippen LogP contribution in [0, 0.1) is 17.3 Å². The molecule has 0 spiro atoms. The standard InChI is InChI=1S/C40H48.2ClH.Zr/c1-25-24-40(26-14-12-11-13-15-26,35-23-29(22-32(25)35)39(8,9)10)36-30-18-16-27(37(2,3)4)20-33(30)34-21-28(38(5,6)7)17-19-31(34)36;;;/h11-23,25,35-36H,24H2,1-10H3;2*1H;/q;;;+2/p-2. The molecule has 3 aromatic carbocycles. The van der Waals surface area contributed by atoms with Crippen molar-refractivity contribution < 1.29 is 51.0 Å². The Balaban J connectivity index is 0.00000169. The fourth-order valence-corrected chi connectivity index (χ4v) is 7.95. The summed E-state index contributed by atoms with van der Waals surface area (Å²) in [5, 5.41) is 0. The second-order valence-corrected chi connectivity index (χ2v) is 16.0. The monoisotopic (exact) mass is 688 g/mol. The predicted octanol–water partition coefficient (Wildman–Crippen LogP) is 4.91. The van der Waals surface area contributed by atoms with Crippen molar-refractivity contribution in [2.75, 3.05) is 0 Å². The maximum Gasteiger partial charge on any atom is 2.00 e. The maximum atomic E-state index is 2.66. The van der Waals surface area contributed by atoms with E-state index in [9.17, 15) is 0 Å². The molecule has 0 aliphatic heterocycles. The minimum atomic E-state index is -0.0218. The summed E-state index contributed by atoms with van der Waals surface area (Å²) in [5.41, 5.74) is 13.8. The first kappa shape index (κ1) is 36.1. The van der Waals surface area contributed by atoms with Crippen LogP contribution in [0.2, 0.25) is 0 Å². The molecule has 3 heteroatoms. The summed E-state index contributed by atoms with van der Waals surface area (Å²) in [6, 6.07) is 26.4. The van der Waals surface area contributed by atoms with Gasteiger partial charge in [0.15, 0.2) is 0 Å². The molecule has 3 aliphatic carbocycles. The summed E-state index contributed by atoms with van der Waals surface area (Å²) in [5.74, 6) is 1.28. The molecule has 0 heterocycles. The van der Waals surface area contributed by atoms with Crippen molar-refractivity contribution in [1.29, 1.82) is 0 Å². The van der Waals surface area contributed by atoms with Gasteiger partial charge in [-0.15, -0.1) is 0 Å². The molecule has 226 valence electrons.